The fraction of sp³-hybridized carbons (Fsp3) is 1.00. The maximum absolute atomic E-state index is 3.75. The van der Waals surface area contributed by atoms with E-state index in [2.05, 4.69) is 11.6 Å². The molecule has 0 aromatic heterocycles. The van der Waals surface area contributed by atoms with Gasteiger partial charge in [0, 0.05) is 18.3 Å². The molecule has 1 aliphatic rings. The summed E-state index contributed by atoms with van der Waals surface area (Å²) in [6.07, 6.45) is 18.2. The van der Waals surface area contributed by atoms with Gasteiger partial charge < -0.3 is 5.32 Å². The second kappa shape index (κ2) is 11.4. The van der Waals surface area contributed by atoms with Crippen LogP contribution in [0, 0.1) is 0 Å². The Kier molecular flexibility index (Phi) is 10.3. The highest BCUT2D eigenvalue weighted by molar-refractivity contribution is 7.98. The van der Waals surface area contributed by atoms with Crippen molar-refractivity contribution < 1.29 is 0 Å². The van der Waals surface area contributed by atoms with Crippen molar-refractivity contribution in [3.05, 3.63) is 0 Å². The van der Waals surface area contributed by atoms with Gasteiger partial charge in [-0.2, -0.15) is 11.8 Å². The summed E-state index contributed by atoms with van der Waals surface area (Å²) in [6.45, 7) is 1.20. The molecule has 17 heavy (non-hydrogen) atoms. The molecule has 1 fully saturated rings. The number of thioether (sulfide) groups is 1. The van der Waals surface area contributed by atoms with Gasteiger partial charge in [-0.3, -0.25) is 0 Å². The predicted molar refractivity (Wildman–Crippen MR) is 81.0 cm³/mol. The average Bonchev–Trinajstić information content (AvgIpc) is 2.32. The van der Waals surface area contributed by atoms with E-state index in [0.717, 1.165) is 6.04 Å². The van der Waals surface area contributed by atoms with Crippen LogP contribution in [0.2, 0.25) is 0 Å². The molecule has 1 saturated carbocycles. The first-order valence-electron chi connectivity index (χ1n) is 7.66. The van der Waals surface area contributed by atoms with Crippen LogP contribution in [-0.2, 0) is 0 Å². The van der Waals surface area contributed by atoms with E-state index in [-0.39, 0.29) is 0 Å². The smallest absolute Gasteiger partial charge is 0.00673 e. The van der Waals surface area contributed by atoms with Gasteiger partial charge in [0.25, 0.3) is 0 Å². The van der Waals surface area contributed by atoms with E-state index >= 15 is 0 Å². The fourth-order valence-corrected chi connectivity index (χ4v) is 3.05. The molecule has 1 rings (SSSR count). The molecule has 0 radical (unpaired) electrons. The second-order valence-corrected chi connectivity index (χ2v) is 6.39. The zero-order valence-electron chi connectivity index (χ0n) is 11.7. The first-order chi connectivity index (χ1) is 8.43. The number of hydrogen-bond donors (Lipinski definition) is 1. The van der Waals surface area contributed by atoms with Gasteiger partial charge in [-0.15, -0.1) is 0 Å². The van der Waals surface area contributed by atoms with Crippen LogP contribution < -0.4 is 5.32 Å². The predicted octanol–water partition coefficient (Wildman–Crippen LogP) is 4.61. The highest BCUT2D eigenvalue weighted by Gasteiger charge is 2.08. The van der Waals surface area contributed by atoms with Gasteiger partial charge in [0.2, 0.25) is 0 Å². The van der Waals surface area contributed by atoms with E-state index in [0.29, 0.717) is 0 Å². The Morgan fingerprint density at radius 2 is 1.29 bits per heavy atom. The summed E-state index contributed by atoms with van der Waals surface area (Å²) in [4.78, 5) is 0. The van der Waals surface area contributed by atoms with Gasteiger partial charge >= 0.3 is 0 Å². The monoisotopic (exact) mass is 257 g/mol. The fourth-order valence-electron chi connectivity index (χ4n) is 2.73. The van der Waals surface area contributed by atoms with E-state index < -0.39 is 0 Å². The molecule has 0 unspecified atom stereocenters. The van der Waals surface area contributed by atoms with E-state index in [1.54, 1.807) is 0 Å². The van der Waals surface area contributed by atoms with Crippen LogP contribution in [0.25, 0.3) is 0 Å². The van der Waals surface area contributed by atoms with Gasteiger partial charge in [-0.1, -0.05) is 57.8 Å². The van der Waals surface area contributed by atoms with Crippen LogP contribution in [0.5, 0.6) is 0 Å². The standard InChI is InChI=1S/C15H31NS/c1-17-14-13-16-15-11-9-7-5-3-2-4-6-8-10-12-15/h15-16H,2-14H2,1H3. The highest BCUT2D eigenvalue weighted by Crippen LogP contribution is 2.16. The minimum atomic E-state index is 0.807. The molecule has 0 aromatic rings. The molecule has 1 nitrogen and oxygen atoms in total. The van der Waals surface area contributed by atoms with Crippen molar-refractivity contribution in [2.75, 3.05) is 18.6 Å². The van der Waals surface area contributed by atoms with Gasteiger partial charge in [0.15, 0.2) is 0 Å². The molecule has 2 heteroatoms. The Bertz CT molecular complexity index is 149. The molecule has 0 saturated heterocycles. The largest absolute Gasteiger partial charge is 0.313 e. The maximum Gasteiger partial charge on any atom is 0.00673 e. The minimum Gasteiger partial charge on any atom is -0.313 e. The lowest BCUT2D eigenvalue weighted by Crippen LogP contribution is -2.31. The summed E-state index contributed by atoms with van der Waals surface area (Å²) in [7, 11) is 0. The lowest BCUT2D eigenvalue weighted by Gasteiger charge is -2.19. The number of rotatable bonds is 4. The maximum atomic E-state index is 3.75. The third-order valence-corrected chi connectivity index (χ3v) is 4.46. The molecule has 0 amide bonds. The van der Waals surface area contributed by atoms with Gasteiger partial charge in [-0.25, -0.2) is 0 Å². The molecule has 1 N–H and O–H groups in total. The van der Waals surface area contributed by atoms with E-state index in [1.165, 1.54) is 82.9 Å². The number of hydrogen-bond acceptors (Lipinski definition) is 2. The summed E-state index contributed by atoms with van der Waals surface area (Å²) in [5.74, 6) is 1.26. The van der Waals surface area contributed by atoms with Crippen molar-refractivity contribution >= 4 is 11.8 Å². The Labute approximate surface area is 113 Å². The molecule has 0 spiro atoms. The minimum absolute atomic E-state index is 0.807. The van der Waals surface area contributed by atoms with Crippen molar-refractivity contribution in [1.29, 1.82) is 0 Å². The van der Waals surface area contributed by atoms with E-state index in [1.807, 2.05) is 11.8 Å². The zero-order chi connectivity index (χ0) is 12.2. The third kappa shape index (κ3) is 8.96. The summed E-state index contributed by atoms with van der Waals surface area (Å²) in [5.41, 5.74) is 0. The highest BCUT2D eigenvalue weighted by atomic mass is 32.2. The van der Waals surface area contributed by atoms with Crippen LogP contribution in [0.3, 0.4) is 0 Å². The third-order valence-electron chi connectivity index (χ3n) is 3.84. The van der Waals surface area contributed by atoms with Gasteiger partial charge in [0.1, 0.15) is 0 Å². The van der Waals surface area contributed by atoms with Crippen LogP contribution in [0.1, 0.15) is 70.6 Å². The Morgan fingerprint density at radius 3 is 1.76 bits per heavy atom. The van der Waals surface area contributed by atoms with Gasteiger partial charge in [-0.05, 0) is 19.1 Å². The molecular weight excluding hydrogens is 226 g/mol. The first kappa shape index (κ1) is 15.4. The molecule has 0 aromatic carbocycles. The zero-order valence-corrected chi connectivity index (χ0v) is 12.5. The van der Waals surface area contributed by atoms with Crippen molar-refractivity contribution in [3.8, 4) is 0 Å². The van der Waals surface area contributed by atoms with E-state index in [9.17, 15) is 0 Å². The Hall–Kier alpha value is 0.310. The van der Waals surface area contributed by atoms with E-state index in [4.69, 9.17) is 0 Å². The summed E-state index contributed by atoms with van der Waals surface area (Å²) < 4.78 is 0. The van der Waals surface area contributed by atoms with Crippen molar-refractivity contribution in [1.82, 2.24) is 5.32 Å². The molecule has 1 aliphatic carbocycles. The van der Waals surface area contributed by atoms with Crippen molar-refractivity contribution in [2.24, 2.45) is 0 Å². The normalized spacial score (nSPS) is 21.7. The summed E-state index contributed by atoms with van der Waals surface area (Å²) >= 11 is 1.95. The molecule has 102 valence electrons. The molecule has 0 atom stereocenters. The summed E-state index contributed by atoms with van der Waals surface area (Å²) in [5, 5.41) is 3.75. The number of nitrogens with one attached hydrogen (secondary N) is 1. The summed E-state index contributed by atoms with van der Waals surface area (Å²) in [6, 6.07) is 0.807. The molecule has 0 bridgehead atoms. The Balaban J connectivity index is 2.17. The van der Waals surface area contributed by atoms with Crippen molar-refractivity contribution in [2.45, 2.75) is 76.7 Å². The SMILES string of the molecule is CSCCNC1CCCCCCCCCCC1. The average molecular weight is 257 g/mol. The lowest BCUT2D eigenvalue weighted by atomic mass is 9.98. The van der Waals surface area contributed by atoms with Gasteiger partial charge in [0.05, 0.1) is 0 Å². The molecule has 0 heterocycles. The lowest BCUT2D eigenvalue weighted by molar-refractivity contribution is 0.412. The molecular formula is C15H31NS. The Morgan fingerprint density at radius 1 is 0.824 bits per heavy atom. The first-order valence-corrected chi connectivity index (χ1v) is 9.05. The topological polar surface area (TPSA) is 12.0 Å². The van der Waals surface area contributed by atoms with Crippen LogP contribution in [0.15, 0.2) is 0 Å². The van der Waals surface area contributed by atoms with Crippen LogP contribution in [-0.4, -0.2) is 24.6 Å². The second-order valence-electron chi connectivity index (χ2n) is 5.40. The quantitative estimate of drug-likeness (QED) is 0.738. The van der Waals surface area contributed by atoms with Crippen LogP contribution in [0.4, 0.5) is 0 Å². The van der Waals surface area contributed by atoms with Crippen LogP contribution >= 0.6 is 11.8 Å². The van der Waals surface area contributed by atoms with Crippen molar-refractivity contribution in [3.63, 3.8) is 0 Å². The molecule has 0 aliphatic heterocycles.